The zero-order valence-corrected chi connectivity index (χ0v) is 12.7. The van der Waals surface area contributed by atoms with Crippen LogP contribution in [-0.2, 0) is 4.79 Å². The van der Waals surface area contributed by atoms with E-state index in [0.717, 1.165) is 0 Å². The van der Waals surface area contributed by atoms with Crippen molar-refractivity contribution in [1.82, 2.24) is 0 Å². The van der Waals surface area contributed by atoms with Crippen LogP contribution in [0.2, 0.25) is 0 Å². The van der Waals surface area contributed by atoms with Gasteiger partial charge in [-0.15, -0.1) is 0 Å². The van der Waals surface area contributed by atoms with Crippen LogP contribution in [-0.4, -0.2) is 5.91 Å². The van der Waals surface area contributed by atoms with Crippen molar-refractivity contribution in [1.29, 1.82) is 0 Å². The first-order chi connectivity index (χ1) is 9.88. The number of carbonyl (C=O) groups is 1. The van der Waals surface area contributed by atoms with Crippen LogP contribution in [0, 0.1) is 18.6 Å². The van der Waals surface area contributed by atoms with Gasteiger partial charge in [-0.3, -0.25) is 4.79 Å². The van der Waals surface area contributed by atoms with E-state index >= 15 is 0 Å². The SMILES string of the molecule is Cc1ccc(N[C@@H](C(N)=O)c2ccc(Br)cc2F)cc1F. The number of hydrogen-bond acceptors (Lipinski definition) is 2. The first-order valence-electron chi connectivity index (χ1n) is 6.15. The Kier molecular flexibility index (Phi) is 4.57. The molecule has 1 atom stereocenters. The highest BCUT2D eigenvalue weighted by Gasteiger charge is 2.21. The van der Waals surface area contributed by atoms with Gasteiger partial charge >= 0.3 is 0 Å². The van der Waals surface area contributed by atoms with Gasteiger partial charge in [0.15, 0.2) is 0 Å². The molecule has 0 aliphatic heterocycles. The minimum Gasteiger partial charge on any atom is -0.370 e. The number of hydrogen-bond donors (Lipinski definition) is 2. The van der Waals surface area contributed by atoms with Crippen LogP contribution < -0.4 is 11.1 Å². The lowest BCUT2D eigenvalue weighted by atomic mass is 10.0. The van der Waals surface area contributed by atoms with E-state index in [0.29, 0.717) is 15.7 Å². The number of benzene rings is 2. The molecule has 3 N–H and O–H groups in total. The van der Waals surface area contributed by atoms with Crippen molar-refractivity contribution in [2.75, 3.05) is 5.32 Å². The molecule has 0 aromatic heterocycles. The van der Waals surface area contributed by atoms with E-state index in [2.05, 4.69) is 21.2 Å². The van der Waals surface area contributed by atoms with Gasteiger partial charge in [-0.1, -0.05) is 28.1 Å². The second-order valence-electron chi connectivity index (χ2n) is 4.61. The summed E-state index contributed by atoms with van der Waals surface area (Å²) in [6.07, 6.45) is 0. The summed E-state index contributed by atoms with van der Waals surface area (Å²) < 4.78 is 28.0. The molecule has 0 saturated heterocycles. The Labute approximate surface area is 129 Å². The van der Waals surface area contributed by atoms with Gasteiger partial charge in [0.2, 0.25) is 5.91 Å². The molecule has 0 unspecified atom stereocenters. The maximum atomic E-state index is 14.0. The topological polar surface area (TPSA) is 55.1 Å². The smallest absolute Gasteiger partial charge is 0.244 e. The number of primary amides is 1. The predicted molar refractivity (Wildman–Crippen MR) is 80.8 cm³/mol. The molecule has 1 amide bonds. The van der Waals surface area contributed by atoms with Gasteiger partial charge in [-0.25, -0.2) is 8.78 Å². The van der Waals surface area contributed by atoms with E-state index in [1.165, 1.54) is 18.2 Å². The molecule has 0 saturated carbocycles. The van der Waals surface area contributed by atoms with Gasteiger partial charge < -0.3 is 11.1 Å². The van der Waals surface area contributed by atoms with Crippen molar-refractivity contribution in [3.8, 4) is 0 Å². The molecular weight excluding hydrogens is 342 g/mol. The Morgan fingerprint density at radius 3 is 2.48 bits per heavy atom. The zero-order chi connectivity index (χ0) is 15.6. The number of rotatable bonds is 4. The van der Waals surface area contributed by atoms with Crippen molar-refractivity contribution >= 4 is 27.5 Å². The summed E-state index contributed by atoms with van der Waals surface area (Å²) in [6, 6.07) is 7.61. The number of anilines is 1. The van der Waals surface area contributed by atoms with E-state index in [9.17, 15) is 13.6 Å². The first-order valence-corrected chi connectivity index (χ1v) is 6.94. The lowest BCUT2D eigenvalue weighted by Crippen LogP contribution is -2.28. The Balaban J connectivity index is 2.35. The fraction of sp³-hybridized carbons (Fsp3) is 0.133. The fourth-order valence-corrected chi connectivity index (χ4v) is 2.22. The number of halogens is 3. The van der Waals surface area contributed by atoms with Crippen LogP contribution in [0.1, 0.15) is 17.2 Å². The van der Waals surface area contributed by atoms with Crippen molar-refractivity contribution < 1.29 is 13.6 Å². The van der Waals surface area contributed by atoms with Crippen LogP contribution >= 0.6 is 15.9 Å². The van der Waals surface area contributed by atoms with Crippen LogP contribution in [0.5, 0.6) is 0 Å². The second kappa shape index (κ2) is 6.22. The number of nitrogens with one attached hydrogen (secondary N) is 1. The molecule has 0 aliphatic carbocycles. The highest BCUT2D eigenvalue weighted by Crippen LogP contribution is 2.25. The molecule has 3 nitrogen and oxygen atoms in total. The third kappa shape index (κ3) is 3.58. The highest BCUT2D eigenvalue weighted by atomic mass is 79.9. The summed E-state index contributed by atoms with van der Waals surface area (Å²) in [4.78, 5) is 11.6. The van der Waals surface area contributed by atoms with Crippen molar-refractivity contribution in [2.45, 2.75) is 13.0 Å². The summed E-state index contributed by atoms with van der Waals surface area (Å²) in [5.74, 6) is -1.75. The standard InChI is InChI=1S/C15H13BrF2N2O/c1-8-2-4-10(7-12(8)17)20-14(15(19)21)11-5-3-9(16)6-13(11)18/h2-7,14,20H,1H3,(H2,19,21)/t14-/m1/s1. The first kappa shape index (κ1) is 15.4. The summed E-state index contributed by atoms with van der Waals surface area (Å²) in [7, 11) is 0. The Hall–Kier alpha value is -1.95. The summed E-state index contributed by atoms with van der Waals surface area (Å²) in [5.41, 5.74) is 6.25. The average Bonchev–Trinajstić information content (AvgIpc) is 2.40. The van der Waals surface area contributed by atoms with E-state index in [4.69, 9.17) is 5.73 Å². The van der Waals surface area contributed by atoms with Crippen LogP contribution in [0.15, 0.2) is 40.9 Å². The molecule has 6 heteroatoms. The zero-order valence-electron chi connectivity index (χ0n) is 11.2. The number of carbonyl (C=O) groups excluding carboxylic acids is 1. The molecule has 0 aliphatic rings. The molecule has 0 bridgehead atoms. The van der Waals surface area contributed by atoms with Gasteiger partial charge in [-0.2, -0.15) is 0 Å². The minimum absolute atomic E-state index is 0.103. The normalized spacial score (nSPS) is 12.0. The van der Waals surface area contributed by atoms with Gasteiger partial charge in [0, 0.05) is 15.7 Å². The lowest BCUT2D eigenvalue weighted by Gasteiger charge is -2.18. The molecule has 0 radical (unpaired) electrons. The van der Waals surface area contributed by atoms with Crippen molar-refractivity contribution in [2.24, 2.45) is 5.73 Å². The maximum Gasteiger partial charge on any atom is 0.244 e. The van der Waals surface area contributed by atoms with Crippen LogP contribution in [0.4, 0.5) is 14.5 Å². The third-order valence-corrected chi connectivity index (χ3v) is 3.53. The van der Waals surface area contributed by atoms with E-state index in [-0.39, 0.29) is 5.56 Å². The van der Waals surface area contributed by atoms with Gasteiger partial charge in [-0.05, 0) is 36.8 Å². The monoisotopic (exact) mass is 354 g/mol. The summed E-state index contributed by atoms with van der Waals surface area (Å²) in [6.45, 7) is 1.62. The number of nitrogens with two attached hydrogens (primary N) is 1. The minimum atomic E-state index is -1.08. The molecule has 110 valence electrons. The fourth-order valence-electron chi connectivity index (χ4n) is 1.89. The molecule has 2 aromatic rings. The molecule has 0 heterocycles. The second-order valence-corrected chi connectivity index (χ2v) is 5.53. The molecule has 0 fully saturated rings. The van der Waals surface area contributed by atoms with E-state index in [1.54, 1.807) is 25.1 Å². The largest absolute Gasteiger partial charge is 0.370 e. The van der Waals surface area contributed by atoms with E-state index in [1.807, 2.05) is 0 Å². The highest BCUT2D eigenvalue weighted by molar-refractivity contribution is 9.10. The Bertz CT molecular complexity index is 691. The van der Waals surface area contributed by atoms with Gasteiger partial charge in [0.1, 0.15) is 17.7 Å². The van der Waals surface area contributed by atoms with Gasteiger partial charge in [0.25, 0.3) is 0 Å². The average molecular weight is 355 g/mol. The molecule has 21 heavy (non-hydrogen) atoms. The van der Waals surface area contributed by atoms with Crippen molar-refractivity contribution in [3.63, 3.8) is 0 Å². The van der Waals surface area contributed by atoms with Crippen molar-refractivity contribution in [3.05, 3.63) is 63.6 Å². The van der Waals surface area contributed by atoms with Crippen LogP contribution in [0.3, 0.4) is 0 Å². The summed E-state index contributed by atoms with van der Waals surface area (Å²) >= 11 is 3.14. The number of amides is 1. The molecule has 2 aromatic carbocycles. The lowest BCUT2D eigenvalue weighted by molar-refractivity contribution is -0.118. The quantitative estimate of drug-likeness (QED) is 0.879. The molecule has 0 spiro atoms. The van der Waals surface area contributed by atoms with Gasteiger partial charge in [0.05, 0.1) is 0 Å². The Morgan fingerprint density at radius 2 is 1.90 bits per heavy atom. The maximum absolute atomic E-state index is 14.0. The predicted octanol–water partition coefficient (Wildman–Crippen LogP) is 3.67. The van der Waals surface area contributed by atoms with E-state index < -0.39 is 23.6 Å². The molecular formula is C15H13BrF2N2O. The van der Waals surface area contributed by atoms with Crippen LogP contribution in [0.25, 0.3) is 0 Å². The third-order valence-electron chi connectivity index (χ3n) is 3.04. The Morgan fingerprint density at radius 1 is 1.19 bits per heavy atom. The molecule has 2 rings (SSSR count). The summed E-state index contributed by atoms with van der Waals surface area (Å²) in [5, 5.41) is 2.75. The number of aryl methyl sites for hydroxylation is 1.